The van der Waals surface area contributed by atoms with Gasteiger partial charge in [-0.05, 0) is 39.5 Å². The minimum atomic E-state index is 0.776. The molecule has 0 aliphatic rings. The molecule has 0 saturated heterocycles. The van der Waals surface area contributed by atoms with E-state index in [9.17, 15) is 0 Å². The van der Waals surface area contributed by atoms with Gasteiger partial charge in [0.2, 0.25) is 5.95 Å². The first-order chi connectivity index (χ1) is 8.33. The van der Waals surface area contributed by atoms with E-state index < -0.39 is 0 Å². The molecule has 0 bridgehead atoms. The number of benzene rings is 1. The molecule has 1 aromatic carbocycles. The molecule has 2 aromatic heterocycles. The van der Waals surface area contributed by atoms with Gasteiger partial charge in [-0.15, -0.1) is 11.3 Å². The van der Waals surface area contributed by atoms with Crippen LogP contribution in [0.3, 0.4) is 0 Å². The van der Waals surface area contributed by atoms with Crippen molar-refractivity contribution in [1.82, 2.24) is 9.97 Å². The molecule has 3 nitrogen and oxygen atoms in total. The summed E-state index contributed by atoms with van der Waals surface area (Å²) in [5, 5.41) is 5.36. The summed E-state index contributed by atoms with van der Waals surface area (Å²) in [6.45, 7) is 0.776. The third-order valence-corrected chi connectivity index (χ3v) is 4.42. The lowest BCUT2D eigenvalue weighted by Gasteiger charge is -2.00. The van der Waals surface area contributed by atoms with Crippen LogP contribution in [0.1, 0.15) is 4.88 Å². The third-order valence-electron chi connectivity index (χ3n) is 2.50. The molecule has 86 valence electrons. The van der Waals surface area contributed by atoms with Crippen molar-refractivity contribution in [3.8, 4) is 0 Å². The molecule has 0 aliphatic carbocycles. The maximum Gasteiger partial charge on any atom is 0.201 e. The smallest absolute Gasteiger partial charge is 0.201 e. The lowest BCUT2D eigenvalue weighted by Crippen LogP contribution is -1.99. The highest BCUT2D eigenvalue weighted by molar-refractivity contribution is 9.10. The molecular weight excluding hydrogens is 298 g/mol. The molecule has 2 N–H and O–H groups in total. The number of H-pyrrole nitrogens is 1. The first-order valence-electron chi connectivity index (χ1n) is 5.23. The average molecular weight is 308 g/mol. The van der Waals surface area contributed by atoms with Crippen LogP contribution in [-0.4, -0.2) is 9.97 Å². The summed E-state index contributed by atoms with van der Waals surface area (Å²) in [6, 6.07) is 10.1. The average Bonchev–Trinajstić information content (AvgIpc) is 2.92. The molecule has 0 unspecified atom stereocenters. The number of halogens is 1. The standard InChI is InChI=1S/C12H10BrN3S/c13-8-5-6-17-11(8)7-14-12-15-9-3-1-2-4-10(9)16-12/h1-6H,7H2,(H2,14,15,16). The minimum absolute atomic E-state index is 0.776. The Morgan fingerprint density at radius 3 is 2.94 bits per heavy atom. The summed E-state index contributed by atoms with van der Waals surface area (Å²) < 4.78 is 1.14. The molecule has 5 heteroatoms. The zero-order valence-corrected chi connectivity index (χ0v) is 11.3. The predicted octanol–water partition coefficient (Wildman–Crippen LogP) is 4.00. The Hall–Kier alpha value is -1.33. The van der Waals surface area contributed by atoms with Crippen LogP contribution in [0, 0.1) is 0 Å². The monoisotopic (exact) mass is 307 g/mol. The van der Waals surface area contributed by atoms with Crippen LogP contribution < -0.4 is 5.32 Å². The molecule has 17 heavy (non-hydrogen) atoms. The highest BCUT2D eigenvalue weighted by Gasteiger charge is 2.04. The van der Waals surface area contributed by atoms with Crippen LogP contribution in [0.15, 0.2) is 40.2 Å². The fourth-order valence-corrected chi connectivity index (χ4v) is 3.08. The van der Waals surface area contributed by atoms with Crippen molar-refractivity contribution >= 4 is 44.2 Å². The maximum absolute atomic E-state index is 4.46. The first kappa shape index (κ1) is 10.8. The number of nitrogens with one attached hydrogen (secondary N) is 2. The van der Waals surface area contributed by atoms with Gasteiger partial charge in [0.25, 0.3) is 0 Å². The molecule has 0 atom stereocenters. The molecule has 0 fully saturated rings. The Morgan fingerprint density at radius 2 is 2.18 bits per heavy atom. The topological polar surface area (TPSA) is 40.7 Å². The van der Waals surface area contributed by atoms with Crippen molar-refractivity contribution in [2.75, 3.05) is 5.32 Å². The number of hydrogen-bond donors (Lipinski definition) is 2. The van der Waals surface area contributed by atoms with Crippen molar-refractivity contribution in [1.29, 1.82) is 0 Å². The van der Waals surface area contributed by atoms with E-state index in [2.05, 4.69) is 42.7 Å². The molecule has 0 radical (unpaired) electrons. The number of thiophene rings is 1. The number of para-hydroxylation sites is 2. The number of anilines is 1. The van der Waals surface area contributed by atoms with Crippen LogP contribution >= 0.6 is 27.3 Å². The number of aromatic amines is 1. The lowest BCUT2D eigenvalue weighted by atomic mass is 10.3. The Balaban J connectivity index is 1.79. The van der Waals surface area contributed by atoms with Gasteiger partial charge in [-0.1, -0.05) is 12.1 Å². The fraction of sp³-hybridized carbons (Fsp3) is 0.0833. The lowest BCUT2D eigenvalue weighted by molar-refractivity contribution is 1.12. The van der Waals surface area contributed by atoms with Gasteiger partial charge in [0.15, 0.2) is 0 Å². The van der Waals surface area contributed by atoms with Crippen molar-refractivity contribution in [2.45, 2.75) is 6.54 Å². The molecule has 3 aromatic rings. The second kappa shape index (κ2) is 4.50. The van der Waals surface area contributed by atoms with E-state index in [1.54, 1.807) is 11.3 Å². The summed E-state index contributed by atoms with van der Waals surface area (Å²) in [6.07, 6.45) is 0. The number of nitrogens with zero attached hydrogens (tertiary/aromatic N) is 1. The fourth-order valence-electron chi connectivity index (χ4n) is 1.65. The van der Waals surface area contributed by atoms with Gasteiger partial charge in [-0.25, -0.2) is 4.98 Å². The van der Waals surface area contributed by atoms with Crippen LogP contribution in [-0.2, 0) is 6.54 Å². The number of hydrogen-bond acceptors (Lipinski definition) is 3. The van der Waals surface area contributed by atoms with Crippen molar-refractivity contribution in [3.63, 3.8) is 0 Å². The number of imidazole rings is 1. The molecule has 2 heterocycles. The van der Waals surface area contributed by atoms with Gasteiger partial charge in [-0.2, -0.15) is 0 Å². The quantitative estimate of drug-likeness (QED) is 0.768. The maximum atomic E-state index is 4.46. The zero-order valence-electron chi connectivity index (χ0n) is 8.90. The first-order valence-corrected chi connectivity index (χ1v) is 6.91. The summed E-state index contributed by atoms with van der Waals surface area (Å²) in [5.41, 5.74) is 2.04. The minimum Gasteiger partial charge on any atom is -0.351 e. The van der Waals surface area contributed by atoms with E-state index in [0.29, 0.717) is 0 Å². The molecule has 3 rings (SSSR count). The molecule has 0 saturated carbocycles. The van der Waals surface area contributed by atoms with Crippen molar-refractivity contribution in [3.05, 3.63) is 45.1 Å². The van der Waals surface area contributed by atoms with Crippen LogP contribution in [0.25, 0.3) is 11.0 Å². The predicted molar refractivity (Wildman–Crippen MR) is 75.4 cm³/mol. The van der Waals surface area contributed by atoms with E-state index in [1.165, 1.54) is 4.88 Å². The number of rotatable bonds is 3. The van der Waals surface area contributed by atoms with Gasteiger partial charge in [0.05, 0.1) is 17.6 Å². The normalized spacial score (nSPS) is 10.9. The summed E-state index contributed by atoms with van der Waals surface area (Å²) in [4.78, 5) is 8.98. The summed E-state index contributed by atoms with van der Waals surface area (Å²) in [7, 11) is 0. The van der Waals surface area contributed by atoms with Crippen molar-refractivity contribution in [2.24, 2.45) is 0 Å². The van der Waals surface area contributed by atoms with Gasteiger partial charge in [0, 0.05) is 9.35 Å². The molecule has 0 aliphatic heterocycles. The van der Waals surface area contributed by atoms with Gasteiger partial charge >= 0.3 is 0 Å². The SMILES string of the molecule is Brc1ccsc1CNc1nc2ccccc2[nH]1. The summed E-state index contributed by atoms with van der Waals surface area (Å²) >= 11 is 5.24. The molecule has 0 amide bonds. The summed E-state index contributed by atoms with van der Waals surface area (Å²) in [5.74, 6) is 0.812. The molecular formula is C12H10BrN3S. The van der Waals surface area contributed by atoms with Crippen molar-refractivity contribution < 1.29 is 0 Å². The highest BCUT2D eigenvalue weighted by atomic mass is 79.9. The van der Waals surface area contributed by atoms with E-state index in [1.807, 2.05) is 24.3 Å². The number of fused-ring (bicyclic) bond motifs is 1. The van der Waals surface area contributed by atoms with E-state index in [0.717, 1.165) is 28.0 Å². The van der Waals surface area contributed by atoms with Gasteiger partial charge < -0.3 is 10.3 Å². The highest BCUT2D eigenvalue weighted by Crippen LogP contribution is 2.23. The second-order valence-corrected chi connectivity index (χ2v) is 5.50. The van der Waals surface area contributed by atoms with Crippen LogP contribution in [0.2, 0.25) is 0 Å². The van der Waals surface area contributed by atoms with E-state index in [-0.39, 0.29) is 0 Å². The largest absolute Gasteiger partial charge is 0.351 e. The third kappa shape index (κ3) is 2.21. The number of aromatic nitrogens is 2. The Labute approximate surface area is 111 Å². The van der Waals surface area contributed by atoms with E-state index in [4.69, 9.17) is 0 Å². The molecule has 0 spiro atoms. The Kier molecular flexibility index (Phi) is 2.86. The zero-order chi connectivity index (χ0) is 11.7. The second-order valence-electron chi connectivity index (χ2n) is 3.65. The van der Waals surface area contributed by atoms with Gasteiger partial charge in [-0.3, -0.25) is 0 Å². The van der Waals surface area contributed by atoms with E-state index >= 15 is 0 Å². The Morgan fingerprint density at radius 1 is 1.29 bits per heavy atom. The van der Waals surface area contributed by atoms with Crippen LogP contribution in [0.5, 0.6) is 0 Å². The Bertz CT molecular complexity index is 611. The van der Waals surface area contributed by atoms with Gasteiger partial charge in [0.1, 0.15) is 0 Å². The van der Waals surface area contributed by atoms with Crippen LogP contribution in [0.4, 0.5) is 5.95 Å².